The number of para-hydroxylation sites is 1. The summed E-state index contributed by atoms with van der Waals surface area (Å²) in [5.74, 6) is -1.69. The number of fused-ring (bicyclic) bond motifs is 1. The van der Waals surface area contributed by atoms with Gasteiger partial charge >= 0.3 is 11.8 Å². The summed E-state index contributed by atoms with van der Waals surface area (Å²) >= 11 is 5.94. The van der Waals surface area contributed by atoms with Gasteiger partial charge in [-0.3, -0.25) is 9.59 Å². The van der Waals surface area contributed by atoms with E-state index in [9.17, 15) is 14.7 Å². The van der Waals surface area contributed by atoms with Gasteiger partial charge in [0.05, 0.1) is 16.8 Å². The summed E-state index contributed by atoms with van der Waals surface area (Å²) in [5, 5.41) is 16.5. The van der Waals surface area contributed by atoms with E-state index < -0.39 is 17.9 Å². The van der Waals surface area contributed by atoms with Gasteiger partial charge in [-0.1, -0.05) is 29.8 Å². The van der Waals surface area contributed by atoms with Crippen molar-refractivity contribution in [1.29, 1.82) is 0 Å². The van der Waals surface area contributed by atoms with Crippen LogP contribution < -0.4 is 10.6 Å². The monoisotopic (exact) mass is 371 g/mol. The number of hydrogen-bond acceptors (Lipinski definition) is 3. The second kappa shape index (κ2) is 7.59. The van der Waals surface area contributed by atoms with Gasteiger partial charge in [-0.15, -0.1) is 0 Å². The van der Waals surface area contributed by atoms with Crippen LogP contribution in [-0.2, 0) is 16.6 Å². The Morgan fingerprint density at radius 2 is 1.92 bits per heavy atom. The molecule has 1 heterocycles. The number of aliphatic hydroxyl groups excluding tert-OH is 1. The Kier molecular flexibility index (Phi) is 5.25. The van der Waals surface area contributed by atoms with Crippen LogP contribution in [0.5, 0.6) is 0 Å². The lowest BCUT2D eigenvalue weighted by molar-refractivity contribution is -0.136. The third kappa shape index (κ3) is 3.87. The summed E-state index contributed by atoms with van der Waals surface area (Å²) in [6.45, 7) is -0.0763. The minimum absolute atomic E-state index is 0.0763. The molecule has 26 heavy (non-hydrogen) atoms. The van der Waals surface area contributed by atoms with Gasteiger partial charge in [0.1, 0.15) is 0 Å². The molecule has 0 aliphatic carbocycles. The molecule has 7 heteroatoms. The van der Waals surface area contributed by atoms with Crippen LogP contribution >= 0.6 is 11.6 Å². The molecule has 0 spiro atoms. The zero-order valence-corrected chi connectivity index (χ0v) is 14.8. The molecule has 134 valence electrons. The van der Waals surface area contributed by atoms with Crippen molar-refractivity contribution in [1.82, 2.24) is 9.88 Å². The number of halogens is 1. The summed E-state index contributed by atoms with van der Waals surface area (Å²) in [6, 6.07) is 14.1. The lowest BCUT2D eigenvalue weighted by Gasteiger charge is -2.13. The molecule has 0 aliphatic heterocycles. The molecular weight excluding hydrogens is 354 g/mol. The Labute approximate surface area is 155 Å². The molecule has 3 N–H and O–H groups in total. The van der Waals surface area contributed by atoms with Crippen molar-refractivity contribution in [3.63, 3.8) is 0 Å². The number of aromatic nitrogens is 1. The number of amides is 2. The van der Waals surface area contributed by atoms with E-state index in [1.165, 1.54) is 0 Å². The third-order valence-electron chi connectivity index (χ3n) is 4.08. The molecule has 6 nitrogen and oxygen atoms in total. The van der Waals surface area contributed by atoms with Crippen LogP contribution in [0, 0.1) is 0 Å². The van der Waals surface area contributed by atoms with Crippen molar-refractivity contribution in [3.8, 4) is 0 Å². The van der Waals surface area contributed by atoms with Crippen molar-refractivity contribution in [3.05, 3.63) is 65.3 Å². The molecule has 0 aliphatic rings. The number of carbonyl (C=O) groups is 2. The standard InChI is InChI=1S/C19H18ClN3O3/c1-23-9-8-12-10-13(6-7-16(12)23)17(24)11-21-18(25)19(26)22-15-5-3-2-4-14(15)20/h2-10,17,24H,11H2,1H3,(H,21,25)(H,22,26)/t17-/m1/s1. The van der Waals surface area contributed by atoms with Crippen LogP contribution in [0.1, 0.15) is 11.7 Å². The van der Waals surface area contributed by atoms with Crippen LogP contribution in [0.25, 0.3) is 10.9 Å². The van der Waals surface area contributed by atoms with Crippen LogP contribution in [-0.4, -0.2) is 28.0 Å². The molecule has 1 atom stereocenters. The first-order chi connectivity index (χ1) is 12.5. The summed E-state index contributed by atoms with van der Waals surface area (Å²) in [6.07, 6.45) is 1.01. The highest BCUT2D eigenvalue weighted by atomic mass is 35.5. The van der Waals surface area contributed by atoms with Crippen LogP contribution in [0.3, 0.4) is 0 Å². The summed E-state index contributed by atoms with van der Waals surface area (Å²) in [7, 11) is 1.94. The van der Waals surface area contributed by atoms with E-state index in [0.717, 1.165) is 10.9 Å². The zero-order valence-electron chi connectivity index (χ0n) is 14.1. The second-order valence-electron chi connectivity index (χ2n) is 5.90. The molecule has 0 saturated carbocycles. The SMILES string of the molecule is Cn1ccc2cc([C@H](O)CNC(=O)C(=O)Nc3ccccc3Cl)ccc21. The topological polar surface area (TPSA) is 83.4 Å². The molecule has 3 rings (SSSR count). The largest absolute Gasteiger partial charge is 0.387 e. The number of carbonyl (C=O) groups excluding carboxylic acids is 2. The Morgan fingerprint density at radius 1 is 1.15 bits per heavy atom. The smallest absolute Gasteiger partial charge is 0.313 e. The number of hydrogen-bond donors (Lipinski definition) is 3. The van der Waals surface area contributed by atoms with E-state index in [4.69, 9.17) is 11.6 Å². The molecule has 1 aromatic heterocycles. The predicted molar refractivity (Wildman–Crippen MR) is 101 cm³/mol. The maximum absolute atomic E-state index is 11.9. The molecule has 0 unspecified atom stereocenters. The number of benzene rings is 2. The Morgan fingerprint density at radius 3 is 2.69 bits per heavy atom. The number of rotatable bonds is 4. The van der Waals surface area contributed by atoms with Gasteiger partial charge < -0.3 is 20.3 Å². The lowest BCUT2D eigenvalue weighted by Crippen LogP contribution is -2.37. The minimum Gasteiger partial charge on any atom is -0.387 e. The molecule has 2 aromatic carbocycles. The minimum atomic E-state index is -0.920. The van der Waals surface area contributed by atoms with Gasteiger partial charge in [0.15, 0.2) is 0 Å². The average molecular weight is 372 g/mol. The van der Waals surface area contributed by atoms with Gasteiger partial charge in [0, 0.05) is 25.3 Å². The normalized spacial score (nSPS) is 12.0. The molecule has 0 fully saturated rings. The van der Waals surface area contributed by atoms with Gasteiger partial charge in [0.2, 0.25) is 0 Å². The van der Waals surface area contributed by atoms with E-state index in [2.05, 4.69) is 10.6 Å². The Balaban J connectivity index is 1.59. The number of aliphatic hydroxyl groups is 1. The van der Waals surface area contributed by atoms with Crippen molar-refractivity contribution in [2.45, 2.75) is 6.10 Å². The maximum Gasteiger partial charge on any atom is 0.313 e. The van der Waals surface area contributed by atoms with E-state index in [1.807, 2.05) is 36.0 Å². The molecular formula is C19H18ClN3O3. The van der Waals surface area contributed by atoms with Crippen molar-refractivity contribution >= 4 is 40.0 Å². The summed E-state index contributed by atoms with van der Waals surface area (Å²) in [4.78, 5) is 23.9. The van der Waals surface area contributed by atoms with E-state index in [0.29, 0.717) is 16.3 Å². The first-order valence-corrected chi connectivity index (χ1v) is 8.40. The second-order valence-corrected chi connectivity index (χ2v) is 6.31. The first-order valence-electron chi connectivity index (χ1n) is 8.02. The van der Waals surface area contributed by atoms with Crippen LogP contribution in [0.2, 0.25) is 5.02 Å². The van der Waals surface area contributed by atoms with E-state index in [-0.39, 0.29) is 6.54 Å². The molecule has 2 amide bonds. The fraction of sp³-hybridized carbons (Fsp3) is 0.158. The van der Waals surface area contributed by atoms with Crippen molar-refractivity contribution in [2.24, 2.45) is 7.05 Å². The number of anilines is 1. The fourth-order valence-electron chi connectivity index (χ4n) is 2.64. The van der Waals surface area contributed by atoms with Gasteiger partial charge in [0.25, 0.3) is 0 Å². The van der Waals surface area contributed by atoms with Gasteiger partial charge in [-0.25, -0.2) is 0 Å². The number of nitrogens with zero attached hydrogens (tertiary/aromatic N) is 1. The highest BCUT2D eigenvalue weighted by molar-refractivity contribution is 6.41. The summed E-state index contributed by atoms with van der Waals surface area (Å²) < 4.78 is 1.98. The lowest BCUT2D eigenvalue weighted by atomic mass is 10.1. The van der Waals surface area contributed by atoms with Crippen LogP contribution in [0.4, 0.5) is 5.69 Å². The first kappa shape index (κ1) is 18.0. The molecule has 3 aromatic rings. The van der Waals surface area contributed by atoms with E-state index >= 15 is 0 Å². The average Bonchev–Trinajstić information content (AvgIpc) is 3.01. The van der Waals surface area contributed by atoms with Gasteiger partial charge in [-0.05, 0) is 41.3 Å². The van der Waals surface area contributed by atoms with Crippen LogP contribution in [0.15, 0.2) is 54.7 Å². The van der Waals surface area contributed by atoms with E-state index in [1.54, 1.807) is 30.3 Å². The Bertz CT molecular complexity index is 968. The number of nitrogens with one attached hydrogen (secondary N) is 2. The van der Waals surface area contributed by atoms with Crippen molar-refractivity contribution < 1.29 is 14.7 Å². The zero-order chi connectivity index (χ0) is 18.7. The Hall–Kier alpha value is -2.83. The quantitative estimate of drug-likeness (QED) is 0.616. The highest BCUT2D eigenvalue weighted by Crippen LogP contribution is 2.21. The molecule has 0 saturated heterocycles. The maximum atomic E-state index is 11.9. The van der Waals surface area contributed by atoms with Crippen molar-refractivity contribution in [2.75, 3.05) is 11.9 Å². The highest BCUT2D eigenvalue weighted by Gasteiger charge is 2.17. The third-order valence-corrected chi connectivity index (χ3v) is 4.41. The fourth-order valence-corrected chi connectivity index (χ4v) is 2.82. The molecule has 0 bridgehead atoms. The molecule has 0 radical (unpaired) electrons. The number of aryl methyl sites for hydroxylation is 1. The summed E-state index contributed by atoms with van der Waals surface area (Å²) in [5.41, 5.74) is 2.06. The van der Waals surface area contributed by atoms with Gasteiger partial charge in [-0.2, -0.15) is 0 Å². The predicted octanol–water partition coefficient (Wildman–Crippen LogP) is 2.62.